The van der Waals surface area contributed by atoms with Crippen LogP contribution in [0, 0.1) is 0 Å². The molecule has 2 aliphatic rings. The molecule has 0 aromatic carbocycles. The van der Waals surface area contributed by atoms with Gasteiger partial charge in [0.1, 0.15) is 0 Å². The maximum Gasteiger partial charge on any atom is 0.222 e. The first-order valence-electron chi connectivity index (χ1n) is 6.90. The van der Waals surface area contributed by atoms with Gasteiger partial charge in [0.05, 0.1) is 12.7 Å². The third-order valence-electron chi connectivity index (χ3n) is 3.72. The molecule has 18 heavy (non-hydrogen) atoms. The number of nitrogens with zero attached hydrogens (tertiary/aromatic N) is 2. The number of hydrogen-bond donors (Lipinski definition) is 0. The normalized spacial score (nSPS) is 25.9. The van der Waals surface area contributed by atoms with E-state index in [-0.39, 0.29) is 6.10 Å². The molecule has 0 bridgehead atoms. The van der Waals surface area contributed by atoms with E-state index in [0.29, 0.717) is 5.91 Å². The Balaban J connectivity index is 1.67. The van der Waals surface area contributed by atoms with Crippen LogP contribution in [-0.2, 0) is 14.3 Å². The number of rotatable bonds is 6. The highest BCUT2D eigenvalue weighted by atomic mass is 16.5. The second-order valence-electron chi connectivity index (χ2n) is 5.06. The minimum absolute atomic E-state index is 0.285. The minimum Gasteiger partial charge on any atom is -0.385 e. The molecule has 0 spiro atoms. The van der Waals surface area contributed by atoms with Gasteiger partial charge in [-0.15, -0.1) is 0 Å². The molecule has 5 heteroatoms. The van der Waals surface area contributed by atoms with Crippen molar-refractivity contribution in [3.8, 4) is 0 Å². The van der Waals surface area contributed by atoms with Crippen molar-refractivity contribution in [3.63, 3.8) is 0 Å². The first-order valence-corrected chi connectivity index (χ1v) is 6.90. The Kier molecular flexibility index (Phi) is 5.41. The number of methoxy groups -OCH3 is 1. The largest absolute Gasteiger partial charge is 0.385 e. The maximum absolute atomic E-state index is 11.5. The summed E-state index contributed by atoms with van der Waals surface area (Å²) in [5, 5.41) is 0. The zero-order valence-corrected chi connectivity index (χ0v) is 11.3. The van der Waals surface area contributed by atoms with Gasteiger partial charge in [-0.2, -0.15) is 0 Å². The van der Waals surface area contributed by atoms with Gasteiger partial charge in [-0.25, -0.2) is 0 Å². The van der Waals surface area contributed by atoms with Gasteiger partial charge in [0.15, 0.2) is 0 Å². The summed E-state index contributed by atoms with van der Waals surface area (Å²) >= 11 is 0. The van der Waals surface area contributed by atoms with Crippen molar-refractivity contribution < 1.29 is 14.3 Å². The lowest BCUT2D eigenvalue weighted by atomic mass is 10.2. The zero-order chi connectivity index (χ0) is 12.8. The average Bonchev–Trinajstić information content (AvgIpc) is 2.80. The van der Waals surface area contributed by atoms with Gasteiger partial charge in [-0.05, 0) is 12.8 Å². The molecule has 0 radical (unpaired) electrons. The lowest BCUT2D eigenvalue weighted by Gasteiger charge is -2.33. The molecule has 2 rings (SSSR count). The Morgan fingerprint density at radius 3 is 3.00 bits per heavy atom. The topological polar surface area (TPSA) is 42.0 Å². The first kappa shape index (κ1) is 13.8. The van der Waals surface area contributed by atoms with Crippen LogP contribution in [0.3, 0.4) is 0 Å². The number of likely N-dealkylation sites (tertiary alicyclic amines) is 1. The number of hydrogen-bond acceptors (Lipinski definition) is 4. The van der Waals surface area contributed by atoms with Gasteiger partial charge in [0, 0.05) is 52.9 Å². The maximum atomic E-state index is 11.5. The van der Waals surface area contributed by atoms with E-state index in [2.05, 4.69) is 4.90 Å². The summed E-state index contributed by atoms with van der Waals surface area (Å²) in [4.78, 5) is 15.9. The van der Waals surface area contributed by atoms with Crippen LogP contribution >= 0.6 is 0 Å². The smallest absolute Gasteiger partial charge is 0.222 e. The van der Waals surface area contributed by atoms with E-state index in [1.807, 2.05) is 4.90 Å². The lowest BCUT2D eigenvalue weighted by Crippen LogP contribution is -2.46. The van der Waals surface area contributed by atoms with Crippen LogP contribution in [0.1, 0.15) is 19.3 Å². The highest BCUT2D eigenvalue weighted by Gasteiger charge is 2.23. The van der Waals surface area contributed by atoms with Crippen molar-refractivity contribution in [2.24, 2.45) is 0 Å². The molecular weight excluding hydrogens is 232 g/mol. The molecule has 0 unspecified atom stereocenters. The fourth-order valence-electron chi connectivity index (χ4n) is 2.61. The van der Waals surface area contributed by atoms with E-state index in [0.717, 1.165) is 65.2 Å². The van der Waals surface area contributed by atoms with E-state index in [9.17, 15) is 4.79 Å². The number of morpholine rings is 1. The average molecular weight is 256 g/mol. The third kappa shape index (κ3) is 3.93. The van der Waals surface area contributed by atoms with Crippen LogP contribution in [0.4, 0.5) is 0 Å². The van der Waals surface area contributed by atoms with Crippen LogP contribution < -0.4 is 0 Å². The van der Waals surface area contributed by atoms with Crippen LogP contribution in [-0.4, -0.2) is 74.9 Å². The third-order valence-corrected chi connectivity index (χ3v) is 3.72. The molecule has 2 aliphatic heterocycles. The number of carbonyl (C=O) groups is 1. The van der Waals surface area contributed by atoms with Crippen molar-refractivity contribution in [2.75, 3.05) is 53.0 Å². The lowest BCUT2D eigenvalue weighted by molar-refractivity contribution is -0.128. The number of amides is 1. The Hall–Kier alpha value is -0.650. The minimum atomic E-state index is 0.285. The highest BCUT2D eigenvalue weighted by molar-refractivity contribution is 5.78. The van der Waals surface area contributed by atoms with Crippen LogP contribution in [0.2, 0.25) is 0 Å². The standard InChI is InChI=1S/C13H24N2O3/c1-17-9-4-12-11-14(8-10-18-12)6-7-15-5-2-3-13(15)16/h12H,2-11H2,1H3/t12-/m1/s1. The van der Waals surface area contributed by atoms with E-state index in [1.54, 1.807) is 7.11 Å². The fourth-order valence-corrected chi connectivity index (χ4v) is 2.61. The van der Waals surface area contributed by atoms with E-state index >= 15 is 0 Å². The van der Waals surface area contributed by atoms with Gasteiger partial charge in [0.25, 0.3) is 0 Å². The Bertz CT molecular complexity index is 273. The summed E-state index contributed by atoms with van der Waals surface area (Å²) in [6.45, 7) is 6.27. The number of carbonyl (C=O) groups excluding carboxylic acids is 1. The molecule has 2 fully saturated rings. The molecule has 0 aromatic rings. The predicted octanol–water partition coefficient (Wildman–Crippen LogP) is 0.346. The summed E-state index contributed by atoms with van der Waals surface area (Å²) in [6.07, 6.45) is 3.00. The molecule has 0 aromatic heterocycles. The second-order valence-corrected chi connectivity index (χ2v) is 5.06. The number of ether oxygens (including phenoxy) is 2. The summed E-state index contributed by atoms with van der Waals surface area (Å²) in [5.41, 5.74) is 0. The monoisotopic (exact) mass is 256 g/mol. The van der Waals surface area contributed by atoms with E-state index < -0.39 is 0 Å². The summed E-state index contributed by atoms with van der Waals surface area (Å²) < 4.78 is 10.8. The molecule has 5 nitrogen and oxygen atoms in total. The Morgan fingerprint density at radius 1 is 1.39 bits per heavy atom. The Labute approximate surface area is 109 Å². The predicted molar refractivity (Wildman–Crippen MR) is 68.5 cm³/mol. The second kappa shape index (κ2) is 7.07. The van der Waals surface area contributed by atoms with Crippen molar-refractivity contribution >= 4 is 5.91 Å². The SMILES string of the molecule is COCC[C@@H]1CN(CCN2CCCC2=O)CCO1. The van der Waals surface area contributed by atoms with Gasteiger partial charge < -0.3 is 14.4 Å². The van der Waals surface area contributed by atoms with Crippen molar-refractivity contribution in [1.82, 2.24) is 9.80 Å². The summed E-state index contributed by atoms with van der Waals surface area (Å²) in [5.74, 6) is 0.319. The molecule has 1 atom stereocenters. The molecule has 0 aliphatic carbocycles. The van der Waals surface area contributed by atoms with Gasteiger partial charge >= 0.3 is 0 Å². The molecule has 0 saturated carbocycles. The van der Waals surface area contributed by atoms with Gasteiger partial charge in [-0.1, -0.05) is 0 Å². The molecule has 2 saturated heterocycles. The summed E-state index contributed by atoms with van der Waals surface area (Å²) in [6, 6.07) is 0. The summed E-state index contributed by atoms with van der Waals surface area (Å²) in [7, 11) is 1.72. The molecule has 1 amide bonds. The Morgan fingerprint density at radius 2 is 2.28 bits per heavy atom. The molecule has 104 valence electrons. The quantitative estimate of drug-likeness (QED) is 0.687. The zero-order valence-electron chi connectivity index (χ0n) is 11.3. The molecule has 2 heterocycles. The van der Waals surface area contributed by atoms with Crippen LogP contribution in [0.5, 0.6) is 0 Å². The molecule has 0 N–H and O–H groups in total. The fraction of sp³-hybridized carbons (Fsp3) is 0.923. The molecular formula is C13H24N2O3. The van der Waals surface area contributed by atoms with Gasteiger partial charge in [-0.3, -0.25) is 9.69 Å². The van der Waals surface area contributed by atoms with E-state index in [4.69, 9.17) is 9.47 Å². The highest BCUT2D eigenvalue weighted by Crippen LogP contribution is 2.11. The van der Waals surface area contributed by atoms with Crippen molar-refractivity contribution in [3.05, 3.63) is 0 Å². The van der Waals surface area contributed by atoms with Crippen LogP contribution in [0.15, 0.2) is 0 Å². The van der Waals surface area contributed by atoms with Crippen molar-refractivity contribution in [1.29, 1.82) is 0 Å². The van der Waals surface area contributed by atoms with E-state index in [1.165, 1.54) is 0 Å². The first-order chi connectivity index (χ1) is 8.79. The van der Waals surface area contributed by atoms with Gasteiger partial charge in [0.2, 0.25) is 5.91 Å². The van der Waals surface area contributed by atoms with Crippen molar-refractivity contribution in [2.45, 2.75) is 25.4 Å². The van der Waals surface area contributed by atoms with Crippen LogP contribution in [0.25, 0.3) is 0 Å².